The highest BCUT2D eigenvalue weighted by molar-refractivity contribution is 9.10. The Morgan fingerprint density at radius 1 is 0.968 bits per heavy atom. The van der Waals surface area contributed by atoms with Gasteiger partial charge in [0.15, 0.2) is 0 Å². The van der Waals surface area contributed by atoms with Crippen LogP contribution in [0.3, 0.4) is 0 Å². The second-order valence-electron chi connectivity index (χ2n) is 8.80. The summed E-state index contributed by atoms with van der Waals surface area (Å²) in [6.07, 6.45) is 5.47. The van der Waals surface area contributed by atoms with Crippen LogP contribution in [0.4, 0.5) is 11.4 Å². The first-order valence-corrected chi connectivity index (χ1v) is 11.5. The highest BCUT2D eigenvalue weighted by atomic mass is 79.9. The van der Waals surface area contributed by atoms with E-state index in [0.29, 0.717) is 33.8 Å². The number of amides is 3. The largest absolute Gasteiger partial charge is 0.322 e. The summed E-state index contributed by atoms with van der Waals surface area (Å²) in [7, 11) is 0. The van der Waals surface area contributed by atoms with Gasteiger partial charge in [-0.2, -0.15) is 0 Å². The average molecular weight is 498 g/mol. The molecule has 2 bridgehead atoms. The Morgan fingerprint density at radius 2 is 1.58 bits per heavy atom. The molecule has 1 N–H and O–H groups in total. The van der Waals surface area contributed by atoms with Gasteiger partial charge in [0.25, 0.3) is 5.91 Å². The lowest BCUT2D eigenvalue weighted by Crippen LogP contribution is -2.40. The Labute approximate surface area is 192 Å². The van der Waals surface area contributed by atoms with Crippen LogP contribution >= 0.6 is 27.5 Å². The molecule has 2 aromatic rings. The minimum atomic E-state index is -0.292. The van der Waals surface area contributed by atoms with E-state index in [1.807, 2.05) is 0 Å². The maximum atomic E-state index is 13.2. The molecule has 2 aromatic carbocycles. The molecule has 31 heavy (non-hydrogen) atoms. The van der Waals surface area contributed by atoms with E-state index in [1.165, 1.54) is 4.90 Å². The minimum Gasteiger partial charge on any atom is -0.322 e. The Balaban J connectivity index is 1.22. The van der Waals surface area contributed by atoms with Crippen molar-refractivity contribution in [2.75, 3.05) is 10.2 Å². The van der Waals surface area contributed by atoms with Gasteiger partial charge < -0.3 is 5.32 Å². The van der Waals surface area contributed by atoms with Gasteiger partial charge in [0.05, 0.1) is 22.5 Å². The molecule has 5 aliphatic rings. The molecule has 1 heterocycles. The summed E-state index contributed by atoms with van der Waals surface area (Å²) >= 11 is 9.40. The molecule has 0 unspecified atom stereocenters. The van der Waals surface area contributed by atoms with Gasteiger partial charge in [0, 0.05) is 15.7 Å². The van der Waals surface area contributed by atoms with Crippen LogP contribution in [0, 0.1) is 35.5 Å². The summed E-state index contributed by atoms with van der Waals surface area (Å²) < 4.78 is 0.748. The van der Waals surface area contributed by atoms with E-state index < -0.39 is 0 Å². The topological polar surface area (TPSA) is 66.5 Å². The first kappa shape index (κ1) is 19.3. The molecule has 4 aliphatic carbocycles. The van der Waals surface area contributed by atoms with Crippen LogP contribution in [-0.2, 0) is 9.59 Å². The number of allylic oxidation sites excluding steroid dienone is 2. The molecule has 2 saturated carbocycles. The number of benzene rings is 2. The standard InChI is InChI=1S/C24H18BrClN2O3/c25-18-8-3-12(9-19(18)26)27-22(29)11-1-4-13(5-2-11)28-23(30)20-14-6-7-15(17-10-16(14)17)21(20)24(28)31/h1-9,14-17,20-21H,10H2,(H,27,29)/t14-,15+,16-,17-,20+,21+/m1/s1. The molecule has 1 saturated heterocycles. The Kier molecular flexibility index (Phi) is 4.21. The van der Waals surface area contributed by atoms with Gasteiger partial charge in [0.2, 0.25) is 11.8 Å². The maximum absolute atomic E-state index is 13.2. The molecule has 0 spiro atoms. The summed E-state index contributed by atoms with van der Waals surface area (Å²) in [4.78, 5) is 40.3. The van der Waals surface area contributed by atoms with Crippen molar-refractivity contribution < 1.29 is 14.4 Å². The van der Waals surface area contributed by atoms with E-state index in [9.17, 15) is 14.4 Å². The van der Waals surface area contributed by atoms with Gasteiger partial charge in [-0.05, 0) is 88.5 Å². The molecular formula is C24H18BrClN2O3. The van der Waals surface area contributed by atoms with Crippen molar-refractivity contribution in [3.63, 3.8) is 0 Å². The van der Waals surface area contributed by atoms with E-state index >= 15 is 0 Å². The molecule has 6 atom stereocenters. The fourth-order valence-electron chi connectivity index (χ4n) is 5.75. The van der Waals surface area contributed by atoms with Crippen LogP contribution in [0.2, 0.25) is 5.02 Å². The summed E-state index contributed by atoms with van der Waals surface area (Å²) in [5.74, 6) is 0.612. The predicted molar refractivity (Wildman–Crippen MR) is 121 cm³/mol. The van der Waals surface area contributed by atoms with E-state index in [1.54, 1.807) is 42.5 Å². The lowest BCUT2D eigenvalue weighted by Gasteiger charge is -2.37. The first-order valence-electron chi connectivity index (χ1n) is 10.4. The second-order valence-corrected chi connectivity index (χ2v) is 10.1. The second kappa shape index (κ2) is 6.78. The molecule has 0 radical (unpaired) electrons. The summed E-state index contributed by atoms with van der Waals surface area (Å²) in [6.45, 7) is 0. The number of rotatable bonds is 3. The summed E-state index contributed by atoms with van der Waals surface area (Å²) in [5.41, 5.74) is 1.54. The smallest absolute Gasteiger partial charge is 0.255 e. The number of hydrogen-bond donors (Lipinski definition) is 1. The van der Waals surface area contributed by atoms with Crippen molar-refractivity contribution in [1.82, 2.24) is 0 Å². The average Bonchev–Trinajstić information content (AvgIpc) is 3.54. The van der Waals surface area contributed by atoms with Gasteiger partial charge in [-0.1, -0.05) is 23.8 Å². The van der Waals surface area contributed by atoms with Crippen LogP contribution in [0.1, 0.15) is 16.8 Å². The summed E-state index contributed by atoms with van der Waals surface area (Å²) in [6, 6.07) is 11.8. The fourth-order valence-corrected chi connectivity index (χ4v) is 6.18. The number of anilines is 2. The van der Waals surface area contributed by atoms with Crippen LogP contribution in [-0.4, -0.2) is 17.7 Å². The number of imide groups is 1. The van der Waals surface area contributed by atoms with Gasteiger partial charge in [-0.15, -0.1) is 0 Å². The number of nitrogens with one attached hydrogen (secondary N) is 1. The monoisotopic (exact) mass is 496 g/mol. The lowest BCUT2D eigenvalue weighted by atomic mass is 9.63. The number of carbonyl (C=O) groups is 3. The Morgan fingerprint density at radius 3 is 2.16 bits per heavy atom. The van der Waals surface area contributed by atoms with E-state index in [4.69, 9.17) is 11.6 Å². The molecule has 5 nitrogen and oxygen atoms in total. The van der Waals surface area contributed by atoms with Crippen molar-refractivity contribution in [3.05, 3.63) is 69.7 Å². The SMILES string of the molecule is O=C(Nc1ccc(Br)c(Cl)c1)c1ccc(N2C(=O)[C@H]3[C@@H]4C=C[C@@H]([C@H]5C[C@H]45)[C@@H]3C2=O)cc1. The zero-order valence-corrected chi connectivity index (χ0v) is 18.6. The third-order valence-corrected chi connectivity index (χ3v) is 8.46. The van der Waals surface area contributed by atoms with E-state index in [-0.39, 0.29) is 41.4 Å². The summed E-state index contributed by atoms with van der Waals surface area (Å²) in [5, 5.41) is 3.30. The lowest BCUT2D eigenvalue weighted by molar-refractivity contribution is -0.124. The highest BCUT2D eigenvalue weighted by Gasteiger charge is 2.67. The van der Waals surface area contributed by atoms with E-state index in [0.717, 1.165) is 10.9 Å². The van der Waals surface area contributed by atoms with Gasteiger partial charge in [-0.25, -0.2) is 0 Å². The van der Waals surface area contributed by atoms with Crippen LogP contribution < -0.4 is 10.2 Å². The Bertz CT molecular complexity index is 1140. The van der Waals surface area contributed by atoms with Gasteiger partial charge >= 0.3 is 0 Å². The number of hydrogen-bond acceptors (Lipinski definition) is 3. The van der Waals surface area contributed by atoms with Gasteiger partial charge in [-0.3, -0.25) is 19.3 Å². The highest BCUT2D eigenvalue weighted by Crippen LogP contribution is 2.65. The first-order chi connectivity index (χ1) is 14.9. The van der Waals surface area contributed by atoms with Crippen LogP contribution in [0.5, 0.6) is 0 Å². The molecule has 1 aliphatic heterocycles. The predicted octanol–water partition coefficient (Wildman–Crippen LogP) is 4.91. The zero-order chi connectivity index (χ0) is 21.4. The normalized spacial score (nSPS) is 32.1. The molecule has 7 rings (SSSR count). The van der Waals surface area contributed by atoms with Crippen molar-refractivity contribution in [2.24, 2.45) is 35.5 Å². The minimum absolute atomic E-state index is 0.0959. The quantitative estimate of drug-likeness (QED) is 0.484. The fraction of sp³-hybridized carbons (Fsp3) is 0.292. The van der Waals surface area contributed by atoms with Gasteiger partial charge in [0.1, 0.15) is 0 Å². The molecule has 0 aromatic heterocycles. The molecule has 7 heteroatoms. The number of halogens is 2. The third-order valence-electron chi connectivity index (χ3n) is 7.23. The number of nitrogens with zero attached hydrogens (tertiary/aromatic N) is 1. The van der Waals surface area contributed by atoms with Crippen molar-refractivity contribution in [1.29, 1.82) is 0 Å². The van der Waals surface area contributed by atoms with Crippen LogP contribution in [0.15, 0.2) is 59.1 Å². The zero-order valence-electron chi connectivity index (χ0n) is 16.3. The number of carbonyl (C=O) groups excluding carboxylic acids is 3. The molecule has 3 amide bonds. The van der Waals surface area contributed by atoms with Crippen molar-refractivity contribution >= 4 is 56.6 Å². The maximum Gasteiger partial charge on any atom is 0.255 e. The van der Waals surface area contributed by atoms with Crippen molar-refractivity contribution in [2.45, 2.75) is 6.42 Å². The van der Waals surface area contributed by atoms with Crippen molar-refractivity contribution in [3.8, 4) is 0 Å². The molecule has 156 valence electrons. The van der Waals surface area contributed by atoms with Crippen LogP contribution in [0.25, 0.3) is 0 Å². The molecule has 3 fully saturated rings. The third kappa shape index (κ3) is 2.84. The van der Waals surface area contributed by atoms with E-state index in [2.05, 4.69) is 33.4 Å². The Hall–Kier alpha value is -2.44. The molecular weight excluding hydrogens is 480 g/mol.